The molecule has 0 aliphatic rings. The highest BCUT2D eigenvalue weighted by Gasteiger charge is 2.07. The average molecular weight is 180 g/mol. The number of rotatable bonds is 4. The normalized spacial score (nSPS) is 11.2. The van der Waals surface area contributed by atoms with Gasteiger partial charge in [-0.1, -0.05) is 27.2 Å². The van der Waals surface area contributed by atoms with E-state index in [1.807, 2.05) is 0 Å². The van der Waals surface area contributed by atoms with Crippen LogP contribution in [0.25, 0.3) is 0 Å². The molecule has 1 heterocycles. The van der Waals surface area contributed by atoms with Crippen molar-refractivity contribution in [3.8, 4) is 0 Å². The Bertz CT molecular complexity index is 261. The summed E-state index contributed by atoms with van der Waals surface area (Å²) in [6.07, 6.45) is 5.74. The number of nitrogens with zero attached hydrogens (tertiary/aromatic N) is 2. The van der Waals surface area contributed by atoms with Crippen LogP contribution in [0.15, 0.2) is 6.20 Å². The van der Waals surface area contributed by atoms with E-state index in [-0.39, 0.29) is 0 Å². The lowest BCUT2D eigenvalue weighted by molar-refractivity contribution is 0.710. The van der Waals surface area contributed by atoms with Gasteiger partial charge in [0.15, 0.2) is 0 Å². The molecule has 13 heavy (non-hydrogen) atoms. The van der Waals surface area contributed by atoms with Gasteiger partial charge in [0.1, 0.15) is 5.82 Å². The Labute approximate surface area is 81.0 Å². The van der Waals surface area contributed by atoms with Gasteiger partial charge in [-0.15, -0.1) is 0 Å². The fourth-order valence-electron chi connectivity index (χ4n) is 1.37. The van der Waals surface area contributed by atoms with E-state index in [0.717, 1.165) is 6.42 Å². The third-order valence-electron chi connectivity index (χ3n) is 2.34. The summed E-state index contributed by atoms with van der Waals surface area (Å²) in [5, 5.41) is 0. The standard InChI is InChI=1S/C11H20N2/c1-5-6-7-11-12-10(9(2)3)8-13(11)4/h8-9H,5-7H2,1-4H3. The number of imidazole rings is 1. The van der Waals surface area contributed by atoms with E-state index in [1.54, 1.807) is 0 Å². The van der Waals surface area contributed by atoms with Crippen LogP contribution >= 0.6 is 0 Å². The van der Waals surface area contributed by atoms with Crippen molar-refractivity contribution in [1.29, 1.82) is 0 Å². The maximum absolute atomic E-state index is 4.61. The Morgan fingerprint density at radius 1 is 1.46 bits per heavy atom. The number of unbranched alkanes of at least 4 members (excludes halogenated alkanes) is 1. The fourth-order valence-corrected chi connectivity index (χ4v) is 1.37. The van der Waals surface area contributed by atoms with Gasteiger partial charge in [-0.25, -0.2) is 4.98 Å². The second kappa shape index (κ2) is 4.45. The summed E-state index contributed by atoms with van der Waals surface area (Å²) in [6, 6.07) is 0. The van der Waals surface area contributed by atoms with Crippen molar-refractivity contribution in [2.24, 2.45) is 7.05 Å². The minimum atomic E-state index is 0.543. The second-order valence-electron chi connectivity index (χ2n) is 3.95. The van der Waals surface area contributed by atoms with Gasteiger partial charge in [0, 0.05) is 19.7 Å². The Balaban J connectivity index is 2.71. The first-order valence-electron chi connectivity index (χ1n) is 5.17. The highest BCUT2D eigenvalue weighted by Crippen LogP contribution is 2.13. The molecular weight excluding hydrogens is 160 g/mol. The molecule has 2 nitrogen and oxygen atoms in total. The third kappa shape index (κ3) is 2.58. The van der Waals surface area contributed by atoms with E-state index in [2.05, 4.69) is 43.6 Å². The minimum Gasteiger partial charge on any atom is -0.338 e. The van der Waals surface area contributed by atoms with E-state index in [0.29, 0.717) is 5.92 Å². The molecule has 1 aromatic rings. The van der Waals surface area contributed by atoms with Crippen molar-refractivity contribution in [3.05, 3.63) is 17.7 Å². The lowest BCUT2D eigenvalue weighted by atomic mass is 10.2. The van der Waals surface area contributed by atoms with Crippen molar-refractivity contribution >= 4 is 0 Å². The van der Waals surface area contributed by atoms with Crippen LogP contribution in [0, 0.1) is 0 Å². The Morgan fingerprint density at radius 3 is 2.62 bits per heavy atom. The van der Waals surface area contributed by atoms with Crippen molar-refractivity contribution in [2.45, 2.75) is 46.0 Å². The summed E-state index contributed by atoms with van der Waals surface area (Å²) in [5.41, 5.74) is 1.22. The number of aryl methyl sites for hydroxylation is 2. The zero-order valence-corrected chi connectivity index (χ0v) is 9.17. The van der Waals surface area contributed by atoms with Gasteiger partial charge in [0.2, 0.25) is 0 Å². The second-order valence-corrected chi connectivity index (χ2v) is 3.95. The van der Waals surface area contributed by atoms with Crippen LogP contribution in [-0.4, -0.2) is 9.55 Å². The summed E-state index contributed by atoms with van der Waals surface area (Å²) in [5.74, 6) is 1.77. The van der Waals surface area contributed by atoms with Crippen LogP contribution in [0.3, 0.4) is 0 Å². The van der Waals surface area contributed by atoms with E-state index in [1.165, 1.54) is 24.4 Å². The molecule has 0 atom stereocenters. The lowest BCUT2D eigenvalue weighted by Crippen LogP contribution is -1.96. The zero-order valence-electron chi connectivity index (χ0n) is 9.17. The molecule has 0 aromatic carbocycles. The highest BCUT2D eigenvalue weighted by atomic mass is 15.0. The summed E-state index contributed by atoms with van der Waals surface area (Å²) in [6.45, 7) is 6.59. The Morgan fingerprint density at radius 2 is 2.15 bits per heavy atom. The topological polar surface area (TPSA) is 17.8 Å². The fraction of sp³-hybridized carbons (Fsp3) is 0.727. The van der Waals surface area contributed by atoms with Crippen LogP contribution in [0.1, 0.15) is 51.0 Å². The Hall–Kier alpha value is -0.790. The SMILES string of the molecule is CCCCc1nc(C(C)C)cn1C. The lowest BCUT2D eigenvalue weighted by Gasteiger charge is -1.98. The Kier molecular flexibility index (Phi) is 3.52. The van der Waals surface area contributed by atoms with Gasteiger partial charge in [0.05, 0.1) is 5.69 Å². The van der Waals surface area contributed by atoms with Crippen LogP contribution in [-0.2, 0) is 13.5 Å². The van der Waals surface area contributed by atoms with Crippen LogP contribution in [0.2, 0.25) is 0 Å². The third-order valence-corrected chi connectivity index (χ3v) is 2.34. The van der Waals surface area contributed by atoms with Gasteiger partial charge >= 0.3 is 0 Å². The van der Waals surface area contributed by atoms with E-state index in [9.17, 15) is 0 Å². The van der Waals surface area contributed by atoms with Gasteiger partial charge in [-0.05, 0) is 12.3 Å². The largest absolute Gasteiger partial charge is 0.338 e. The molecule has 0 radical (unpaired) electrons. The van der Waals surface area contributed by atoms with Gasteiger partial charge in [-0.3, -0.25) is 0 Å². The predicted molar refractivity (Wildman–Crippen MR) is 55.9 cm³/mol. The molecule has 0 unspecified atom stereocenters. The summed E-state index contributed by atoms with van der Waals surface area (Å²) >= 11 is 0. The molecule has 0 aliphatic heterocycles. The number of aromatic nitrogens is 2. The van der Waals surface area contributed by atoms with Gasteiger partial charge < -0.3 is 4.57 Å². The summed E-state index contributed by atoms with van der Waals surface area (Å²) < 4.78 is 2.16. The first-order chi connectivity index (χ1) is 6.15. The molecule has 0 bridgehead atoms. The summed E-state index contributed by atoms with van der Waals surface area (Å²) in [4.78, 5) is 4.61. The molecule has 0 saturated carbocycles. The van der Waals surface area contributed by atoms with Crippen LogP contribution in [0.4, 0.5) is 0 Å². The molecule has 0 fully saturated rings. The van der Waals surface area contributed by atoms with Crippen molar-refractivity contribution in [1.82, 2.24) is 9.55 Å². The molecule has 0 aliphatic carbocycles. The molecule has 1 aromatic heterocycles. The molecule has 0 spiro atoms. The molecule has 0 N–H and O–H groups in total. The van der Waals surface area contributed by atoms with E-state index in [4.69, 9.17) is 0 Å². The number of hydrogen-bond donors (Lipinski definition) is 0. The molecule has 2 heteroatoms. The maximum atomic E-state index is 4.61. The van der Waals surface area contributed by atoms with E-state index < -0.39 is 0 Å². The molecule has 0 amide bonds. The zero-order chi connectivity index (χ0) is 9.84. The van der Waals surface area contributed by atoms with Crippen LogP contribution < -0.4 is 0 Å². The molecule has 1 rings (SSSR count). The minimum absolute atomic E-state index is 0.543. The first kappa shape index (κ1) is 10.3. The number of hydrogen-bond acceptors (Lipinski definition) is 1. The quantitative estimate of drug-likeness (QED) is 0.696. The molecular formula is C11H20N2. The van der Waals surface area contributed by atoms with Crippen molar-refractivity contribution in [2.75, 3.05) is 0 Å². The smallest absolute Gasteiger partial charge is 0.108 e. The van der Waals surface area contributed by atoms with E-state index >= 15 is 0 Å². The van der Waals surface area contributed by atoms with Crippen molar-refractivity contribution in [3.63, 3.8) is 0 Å². The van der Waals surface area contributed by atoms with Crippen LogP contribution in [0.5, 0.6) is 0 Å². The predicted octanol–water partition coefficient (Wildman–Crippen LogP) is 2.89. The monoisotopic (exact) mass is 180 g/mol. The average Bonchev–Trinajstić information content (AvgIpc) is 2.44. The molecule has 74 valence electrons. The molecule has 0 saturated heterocycles. The van der Waals surface area contributed by atoms with Gasteiger partial charge in [0.25, 0.3) is 0 Å². The first-order valence-corrected chi connectivity index (χ1v) is 5.17. The maximum Gasteiger partial charge on any atom is 0.108 e. The summed E-state index contributed by atoms with van der Waals surface area (Å²) in [7, 11) is 2.09. The highest BCUT2D eigenvalue weighted by molar-refractivity contribution is 5.07. The van der Waals surface area contributed by atoms with Crippen molar-refractivity contribution < 1.29 is 0 Å². The van der Waals surface area contributed by atoms with Gasteiger partial charge in [-0.2, -0.15) is 0 Å².